The fourth-order valence-corrected chi connectivity index (χ4v) is 9.06. The van der Waals surface area contributed by atoms with Crippen LogP contribution in [-0.4, -0.2) is 72.5 Å². The lowest BCUT2D eigenvalue weighted by Crippen LogP contribution is -2.26. The Morgan fingerprint density at radius 3 is 2.43 bits per heavy atom. The van der Waals surface area contributed by atoms with Gasteiger partial charge in [-0.25, -0.2) is 0 Å². The largest absolute Gasteiger partial charge is 0.506 e. The summed E-state index contributed by atoms with van der Waals surface area (Å²) >= 11 is 1.52. The van der Waals surface area contributed by atoms with Crippen LogP contribution in [0.2, 0.25) is 0 Å². The Kier molecular flexibility index (Phi) is 16.7. The second kappa shape index (κ2) is 23.1. The maximum Gasteiger partial charge on any atom is 0.258 e. The second-order valence-corrected chi connectivity index (χ2v) is 17.7. The van der Waals surface area contributed by atoms with E-state index in [2.05, 4.69) is 32.7 Å². The maximum absolute atomic E-state index is 13.8. The molecule has 7 rings (SSSR count). The van der Waals surface area contributed by atoms with Crippen molar-refractivity contribution in [2.75, 3.05) is 50.7 Å². The number of hydrogen-bond acceptors (Lipinski definition) is 11. The SMILES string of the molecule is COc1cccc(Nc2c(C(N)=O)cnc3c(C)cc(Sc4cccc(C(=O)N(C)c5ccc(CCCCOCCCCCCNCC(O)c6ccc(O)c7[nH]c(=O)ccc67)cc5)c4)cc23)c1. The zero-order valence-corrected chi connectivity index (χ0v) is 39.0. The van der Waals surface area contributed by atoms with E-state index >= 15 is 0 Å². The van der Waals surface area contributed by atoms with Crippen molar-refractivity contribution in [1.82, 2.24) is 15.3 Å². The number of anilines is 3. The van der Waals surface area contributed by atoms with Gasteiger partial charge in [-0.1, -0.05) is 54.9 Å². The first-order valence-corrected chi connectivity index (χ1v) is 23.4. The topological polar surface area (TPSA) is 192 Å². The number of carbonyl (C=O) groups excluding carboxylic acids is 2. The number of primary amides is 1. The van der Waals surface area contributed by atoms with Crippen molar-refractivity contribution in [2.45, 2.75) is 67.8 Å². The molecule has 14 heteroatoms. The number of unbranched alkanes of at least 4 members (excludes halogenated alkanes) is 4. The number of hydrogen-bond donors (Lipinski definition) is 6. The molecule has 0 spiro atoms. The van der Waals surface area contributed by atoms with Gasteiger partial charge in [-0.2, -0.15) is 0 Å². The second-order valence-electron chi connectivity index (χ2n) is 16.6. The maximum atomic E-state index is 13.8. The highest BCUT2D eigenvalue weighted by molar-refractivity contribution is 7.99. The first-order valence-electron chi connectivity index (χ1n) is 22.6. The Balaban J connectivity index is 0.818. The molecular formula is C53H58N6O7S. The van der Waals surface area contributed by atoms with E-state index in [9.17, 15) is 24.6 Å². The summed E-state index contributed by atoms with van der Waals surface area (Å²) in [6.45, 7) is 4.61. The Morgan fingerprint density at radius 1 is 0.866 bits per heavy atom. The van der Waals surface area contributed by atoms with Gasteiger partial charge < -0.3 is 45.9 Å². The van der Waals surface area contributed by atoms with Crippen LogP contribution in [0.25, 0.3) is 21.8 Å². The molecule has 13 nitrogen and oxygen atoms in total. The molecule has 5 aromatic carbocycles. The number of nitrogens with two attached hydrogens (primary N) is 1. The molecule has 2 heterocycles. The van der Waals surface area contributed by atoms with Gasteiger partial charge in [0.2, 0.25) is 5.56 Å². The monoisotopic (exact) mass is 922 g/mol. The number of phenolic OH excluding ortho intramolecular Hbond substituents is 1. The van der Waals surface area contributed by atoms with Crippen LogP contribution in [0.4, 0.5) is 17.1 Å². The molecule has 0 aliphatic carbocycles. The fourth-order valence-electron chi connectivity index (χ4n) is 8.04. The molecule has 0 bridgehead atoms. The lowest BCUT2D eigenvalue weighted by molar-refractivity contribution is 0.0987. The summed E-state index contributed by atoms with van der Waals surface area (Å²) in [4.78, 5) is 48.7. The predicted molar refractivity (Wildman–Crippen MR) is 267 cm³/mol. The van der Waals surface area contributed by atoms with E-state index in [-0.39, 0.29) is 22.8 Å². The molecule has 0 radical (unpaired) electrons. The Labute approximate surface area is 394 Å². The van der Waals surface area contributed by atoms with E-state index in [1.807, 2.05) is 79.7 Å². The van der Waals surface area contributed by atoms with Gasteiger partial charge in [0, 0.05) is 82.6 Å². The van der Waals surface area contributed by atoms with Crippen LogP contribution in [-0.2, 0) is 11.2 Å². The number of rotatable bonds is 23. The first-order chi connectivity index (χ1) is 32.5. The van der Waals surface area contributed by atoms with Crippen molar-refractivity contribution >= 4 is 62.4 Å². The van der Waals surface area contributed by atoms with Crippen LogP contribution in [0.1, 0.15) is 82.0 Å². The average molecular weight is 923 g/mol. The Hall–Kier alpha value is -6.71. The number of aliphatic hydroxyl groups excluding tert-OH is 1. The number of H-pyrrole nitrogens is 1. The van der Waals surface area contributed by atoms with Crippen molar-refractivity contribution in [3.8, 4) is 11.5 Å². The summed E-state index contributed by atoms with van der Waals surface area (Å²) in [5.74, 6) is -0.0575. The van der Waals surface area contributed by atoms with Crippen LogP contribution in [0.15, 0.2) is 130 Å². The molecule has 348 valence electrons. The number of aliphatic hydroxyl groups is 1. The Bertz CT molecular complexity index is 2890. The van der Waals surface area contributed by atoms with E-state index < -0.39 is 12.0 Å². The number of nitrogens with zero attached hydrogens (tertiary/aromatic N) is 2. The van der Waals surface area contributed by atoms with E-state index in [0.29, 0.717) is 40.0 Å². The minimum atomic E-state index is -0.762. The molecular weight excluding hydrogens is 865 g/mol. The lowest BCUT2D eigenvalue weighted by atomic mass is 10.0. The lowest BCUT2D eigenvalue weighted by Gasteiger charge is -2.18. The van der Waals surface area contributed by atoms with E-state index in [4.69, 9.17) is 15.2 Å². The minimum absolute atomic E-state index is 0.0208. The number of aromatic amines is 1. The highest BCUT2D eigenvalue weighted by atomic mass is 32.2. The van der Waals surface area contributed by atoms with Crippen LogP contribution < -0.4 is 31.6 Å². The molecule has 7 N–H and O–H groups in total. The zero-order chi connectivity index (χ0) is 47.3. The number of fused-ring (bicyclic) bond motifs is 2. The van der Waals surface area contributed by atoms with Gasteiger partial charge in [0.25, 0.3) is 11.8 Å². The highest BCUT2D eigenvalue weighted by Gasteiger charge is 2.19. The van der Waals surface area contributed by atoms with E-state index in [1.54, 1.807) is 31.2 Å². The number of aryl methyl sites for hydroxylation is 2. The standard InChI is InChI=1S/C53H58N6O7S/c1-34-28-41(31-44-49(34)56-32-45(52(54)63)50(44)57-37-14-11-15-39(30-37)65-3)67-40-16-10-13-36(29-40)53(64)59(2)38-19-17-35(18-20-38)12-6-9-27-66-26-8-5-4-7-25-55-33-47(61)42-21-23-46(60)51-43(42)22-24-48(62)58-51/h10-11,13-24,28-32,47,55,60-61H,4-9,12,25-27,33H2,1-3H3,(H2,54,63)(H,56,57)(H,58,62). The number of benzene rings is 5. The number of aromatic nitrogens is 2. The summed E-state index contributed by atoms with van der Waals surface area (Å²) < 4.78 is 11.3. The molecule has 2 amide bonds. The fraction of sp³-hybridized carbons (Fsp3) is 0.283. The molecule has 0 aliphatic rings. The van der Waals surface area contributed by atoms with Crippen LogP contribution in [0.3, 0.4) is 0 Å². The van der Waals surface area contributed by atoms with Gasteiger partial charge in [-0.15, -0.1) is 0 Å². The van der Waals surface area contributed by atoms with E-state index in [0.717, 1.165) is 102 Å². The quantitative estimate of drug-likeness (QED) is 0.0335. The number of phenols is 1. The molecule has 0 saturated carbocycles. The normalized spacial score (nSPS) is 11.8. The number of methoxy groups -OCH3 is 1. The van der Waals surface area contributed by atoms with Gasteiger partial charge in [-0.3, -0.25) is 19.4 Å². The predicted octanol–water partition coefficient (Wildman–Crippen LogP) is 9.59. The van der Waals surface area contributed by atoms with Crippen LogP contribution in [0.5, 0.6) is 11.5 Å². The first kappa shape index (κ1) is 48.2. The van der Waals surface area contributed by atoms with Gasteiger partial charge >= 0.3 is 0 Å². The molecule has 67 heavy (non-hydrogen) atoms. The van der Waals surface area contributed by atoms with Crippen LogP contribution in [0, 0.1) is 6.92 Å². The third kappa shape index (κ3) is 12.6. The number of amides is 2. The number of aromatic hydroxyl groups is 1. The van der Waals surface area contributed by atoms with Crippen molar-refractivity contribution in [1.29, 1.82) is 0 Å². The molecule has 0 aliphatic heterocycles. The van der Waals surface area contributed by atoms with Gasteiger partial charge in [0.05, 0.1) is 35.5 Å². The van der Waals surface area contributed by atoms with Crippen molar-refractivity contribution in [2.24, 2.45) is 5.73 Å². The number of pyridine rings is 2. The highest BCUT2D eigenvalue weighted by Crippen LogP contribution is 2.37. The summed E-state index contributed by atoms with van der Waals surface area (Å²) in [6.07, 6.45) is 7.79. The molecule has 1 atom stereocenters. The third-order valence-corrected chi connectivity index (χ3v) is 12.6. The van der Waals surface area contributed by atoms with Gasteiger partial charge in [-0.05, 0) is 129 Å². The summed E-state index contributed by atoms with van der Waals surface area (Å²) in [7, 11) is 3.39. The zero-order valence-electron chi connectivity index (χ0n) is 38.1. The Morgan fingerprint density at radius 2 is 1.64 bits per heavy atom. The van der Waals surface area contributed by atoms with Crippen LogP contribution >= 0.6 is 11.8 Å². The number of ether oxygens (including phenoxy) is 2. The molecule has 0 saturated heterocycles. The average Bonchev–Trinajstić information content (AvgIpc) is 3.33. The van der Waals surface area contributed by atoms with Crippen molar-refractivity contribution in [3.05, 3.63) is 154 Å². The minimum Gasteiger partial charge on any atom is -0.506 e. The molecule has 0 fully saturated rings. The van der Waals surface area contributed by atoms with E-state index in [1.165, 1.54) is 35.7 Å². The molecule has 2 aromatic heterocycles. The summed E-state index contributed by atoms with van der Waals surface area (Å²) in [5, 5.41) is 28.9. The van der Waals surface area contributed by atoms with Crippen molar-refractivity contribution < 1.29 is 29.3 Å². The number of carbonyl (C=O) groups is 2. The molecule has 1 unspecified atom stereocenters. The number of nitrogens with one attached hydrogen (secondary N) is 3. The summed E-state index contributed by atoms with van der Waals surface area (Å²) in [6, 6.07) is 33.4. The molecule has 7 aromatic rings. The van der Waals surface area contributed by atoms with Gasteiger partial charge in [0.1, 0.15) is 11.5 Å². The smallest absolute Gasteiger partial charge is 0.258 e. The summed E-state index contributed by atoms with van der Waals surface area (Å²) in [5.41, 5.74) is 12.3. The van der Waals surface area contributed by atoms with Crippen molar-refractivity contribution in [3.63, 3.8) is 0 Å². The third-order valence-electron chi connectivity index (χ3n) is 11.7. The van der Waals surface area contributed by atoms with Gasteiger partial charge in [0.15, 0.2) is 0 Å².